The number of nitrogen functional groups attached to an aromatic ring is 1. The summed E-state index contributed by atoms with van der Waals surface area (Å²) in [5.41, 5.74) is 11.1. The Hall–Kier alpha value is -2.08. The van der Waals surface area contributed by atoms with Gasteiger partial charge in [-0.3, -0.25) is 4.79 Å². The van der Waals surface area contributed by atoms with Crippen LogP contribution in [0, 0.1) is 5.82 Å². The number of carbonyl (C=O) groups is 1. The third-order valence-electron chi connectivity index (χ3n) is 2.92. The van der Waals surface area contributed by atoms with Crippen LogP contribution in [0.5, 0.6) is 0 Å². The number of thiophene rings is 1. The summed E-state index contributed by atoms with van der Waals surface area (Å²) in [6.45, 7) is 2.57. The molecule has 1 aromatic carbocycles. The molecule has 20 heavy (non-hydrogen) atoms. The van der Waals surface area contributed by atoms with Crippen LogP contribution in [-0.4, -0.2) is 5.91 Å². The highest BCUT2D eigenvalue weighted by Crippen LogP contribution is 2.24. The Labute approximate surface area is 120 Å². The number of halogens is 1. The van der Waals surface area contributed by atoms with Crippen LogP contribution < -0.4 is 16.8 Å². The van der Waals surface area contributed by atoms with Gasteiger partial charge in [-0.25, -0.2) is 4.39 Å². The van der Waals surface area contributed by atoms with Gasteiger partial charge in [-0.05, 0) is 30.7 Å². The summed E-state index contributed by atoms with van der Waals surface area (Å²) in [5, 5.41) is 2.96. The van der Waals surface area contributed by atoms with E-state index < -0.39 is 11.7 Å². The van der Waals surface area contributed by atoms with Crippen LogP contribution >= 0.6 is 11.3 Å². The number of nitrogens with one attached hydrogen (secondary N) is 1. The number of carbonyl (C=O) groups excluding carboxylic acids is 1. The van der Waals surface area contributed by atoms with Gasteiger partial charge in [0, 0.05) is 22.0 Å². The van der Waals surface area contributed by atoms with E-state index in [4.69, 9.17) is 11.5 Å². The first-order valence-corrected chi connectivity index (χ1v) is 7.03. The average Bonchev–Trinajstić information content (AvgIpc) is 2.85. The Balaban J connectivity index is 2.16. The minimum absolute atomic E-state index is 0.0462. The monoisotopic (exact) mass is 293 g/mol. The Morgan fingerprint density at radius 3 is 2.65 bits per heavy atom. The summed E-state index contributed by atoms with van der Waals surface area (Å²) < 4.78 is 13.8. The van der Waals surface area contributed by atoms with Crippen molar-refractivity contribution >= 4 is 28.6 Å². The molecule has 0 fully saturated rings. The van der Waals surface area contributed by atoms with Crippen molar-refractivity contribution < 1.29 is 9.18 Å². The van der Waals surface area contributed by atoms with Crippen molar-refractivity contribution in [1.29, 1.82) is 0 Å². The van der Waals surface area contributed by atoms with Gasteiger partial charge in [0.2, 0.25) is 0 Å². The van der Waals surface area contributed by atoms with Gasteiger partial charge in [-0.2, -0.15) is 0 Å². The van der Waals surface area contributed by atoms with Gasteiger partial charge in [0.25, 0.3) is 5.91 Å². The van der Waals surface area contributed by atoms with Crippen LogP contribution in [0.4, 0.5) is 15.8 Å². The smallest absolute Gasteiger partial charge is 0.250 e. The number of primary amides is 1. The zero-order valence-corrected chi connectivity index (χ0v) is 11.9. The molecule has 1 heterocycles. The van der Waals surface area contributed by atoms with Gasteiger partial charge >= 0.3 is 0 Å². The molecule has 1 aromatic heterocycles. The summed E-state index contributed by atoms with van der Waals surface area (Å²) in [4.78, 5) is 13.6. The van der Waals surface area contributed by atoms with E-state index >= 15 is 0 Å². The molecule has 1 amide bonds. The Morgan fingerprint density at radius 2 is 2.05 bits per heavy atom. The molecule has 0 saturated heterocycles. The number of nitrogens with two attached hydrogens (primary N) is 2. The molecule has 0 saturated carbocycles. The summed E-state index contributed by atoms with van der Waals surface area (Å²) in [7, 11) is 0. The fourth-order valence-corrected chi connectivity index (χ4v) is 2.72. The third-order valence-corrected chi connectivity index (χ3v) is 4.15. The maximum Gasteiger partial charge on any atom is 0.250 e. The highest BCUT2D eigenvalue weighted by atomic mass is 32.1. The fourth-order valence-electron chi connectivity index (χ4n) is 1.83. The molecule has 0 unspecified atom stereocenters. The molecule has 0 spiro atoms. The van der Waals surface area contributed by atoms with Gasteiger partial charge in [-0.15, -0.1) is 11.3 Å². The summed E-state index contributed by atoms with van der Waals surface area (Å²) in [6.07, 6.45) is 0.979. The van der Waals surface area contributed by atoms with Crippen molar-refractivity contribution in [3.8, 4) is 0 Å². The second-order valence-corrected chi connectivity index (χ2v) is 5.61. The van der Waals surface area contributed by atoms with E-state index in [1.807, 2.05) is 6.07 Å². The van der Waals surface area contributed by atoms with Crippen LogP contribution in [0.2, 0.25) is 0 Å². The second-order valence-electron chi connectivity index (χ2n) is 4.36. The van der Waals surface area contributed by atoms with E-state index in [-0.39, 0.29) is 16.9 Å². The van der Waals surface area contributed by atoms with Gasteiger partial charge in [0.05, 0.1) is 11.3 Å². The van der Waals surface area contributed by atoms with Crippen molar-refractivity contribution in [3.63, 3.8) is 0 Å². The fraction of sp³-hybridized carbons (Fsp3) is 0.214. The predicted molar refractivity (Wildman–Crippen MR) is 80.4 cm³/mol. The molecule has 0 aliphatic carbocycles. The van der Waals surface area contributed by atoms with E-state index in [0.717, 1.165) is 17.4 Å². The highest BCUT2D eigenvalue weighted by molar-refractivity contribution is 7.12. The molecule has 5 N–H and O–H groups in total. The first-order chi connectivity index (χ1) is 9.51. The molecule has 0 aliphatic heterocycles. The largest absolute Gasteiger partial charge is 0.398 e. The molecular formula is C14H16FN3OS. The molecule has 4 nitrogen and oxygen atoms in total. The van der Waals surface area contributed by atoms with Gasteiger partial charge < -0.3 is 16.8 Å². The van der Waals surface area contributed by atoms with Crippen LogP contribution in [0.3, 0.4) is 0 Å². The summed E-state index contributed by atoms with van der Waals surface area (Å²) in [6, 6.07) is 6.51. The van der Waals surface area contributed by atoms with Gasteiger partial charge in [0.1, 0.15) is 5.82 Å². The maximum atomic E-state index is 13.8. The SMILES string of the molecule is CCc1ccc(CNc2cc(C(N)=O)c(N)cc2F)s1. The van der Waals surface area contributed by atoms with Gasteiger partial charge in [-0.1, -0.05) is 6.92 Å². The quantitative estimate of drug-likeness (QED) is 0.741. The second kappa shape index (κ2) is 5.92. The number of amides is 1. The Kier molecular flexibility index (Phi) is 4.24. The first kappa shape index (κ1) is 14.3. The Bertz CT molecular complexity index is 639. The van der Waals surface area contributed by atoms with E-state index in [0.29, 0.717) is 6.54 Å². The van der Waals surface area contributed by atoms with E-state index in [1.165, 1.54) is 10.9 Å². The lowest BCUT2D eigenvalue weighted by Gasteiger charge is -2.09. The molecule has 6 heteroatoms. The van der Waals surface area contributed by atoms with Crippen molar-refractivity contribution in [1.82, 2.24) is 0 Å². The number of benzene rings is 1. The molecule has 0 aliphatic rings. The molecule has 106 valence electrons. The van der Waals surface area contributed by atoms with Gasteiger partial charge in [0.15, 0.2) is 0 Å². The molecule has 2 rings (SSSR count). The standard InChI is InChI=1S/C14H16FN3OS/c1-2-8-3-4-9(20-8)7-18-13-5-10(14(17)19)12(16)6-11(13)15/h3-6,18H,2,7,16H2,1H3,(H2,17,19). The van der Waals surface area contributed by atoms with E-state index in [9.17, 15) is 9.18 Å². The number of hydrogen-bond donors (Lipinski definition) is 3. The van der Waals surface area contributed by atoms with Crippen LogP contribution in [0.15, 0.2) is 24.3 Å². The lowest BCUT2D eigenvalue weighted by molar-refractivity contribution is 0.100. The molecule has 0 bridgehead atoms. The number of hydrogen-bond acceptors (Lipinski definition) is 4. The number of rotatable bonds is 5. The van der Waals surface area contributed by atoms with Crippen LogP contribution in [-0.2, 0) is 13.0 Å². The lowest BCUT2D eigenvalue weighted by Crippen LogP contribution is -2.14. The topological polar surface area (TPSA) is 81.1 Å². The van der Waals surface area contributed by atoms with Crippen molar-refractivity contribution in [2.24, 2.45) is 5.73 Å². The van der Waals surface area contributed by atoms with Crippen molar-refractivity contribution in [2.45, 2.75) is 19.9 Å². The molecular weight excluding hydrogens is 277 g/mol. The van der Waals surface area contributed by atoms with Crippen molar-refractivity contribution in [3.05, 3.63) is 45.4 Å². The average molecular weight is 293 g/mol. The van der Waals surface area contributed by atoms with Crippen molar-refractivity contribution in [2.75, 3.05) is 11.1 Å². The molecule has 2 aromatic rings. The normalized spacial score (nSPS) is 10.5. The van der Waals surface area contributed by atoms with E-state index in [1.54, 1.807) is 11.3 Å². The van der Waals surface area contributed by atoms with Crippen LogP contribution in [0.1, 0.15) is 27.0 Å². The predicted octanol–water partition coefficient (Wildman–Crippen LogP) is 2.74. The number of anilines is 2. The Morgan fingerprint density at radius 1 is 1.35 bits per heavy atom. The first-order valence-electron chi connectivity index (χ1n) is 6.21. The molecule has 0 atom stereocenters. The minimum Gasteiger partial charge on any atom is -0.398 e. The highest BCUT2D eigenvalue weighted by Gasteiger charge is 2.12. The van der Waals surface area contributed by atoms with Crippen LogP contribution in [0.25, 0.3) is 0 Å². The summed E-state index contributed by atoms with van der Waals surface area (Å²) >= 11 is 1.67. The third kappa shape index (κ3) is 3.08. The minimum atomic E-state index is -0.671. The lowest BCUT2D eigenvalue weighted by atomic mass is 10.1. The number of aryl methyl sites for hydroxylation is 1. The maximum absolute atomic E-state index is 13.8. The zero-order valence-electron chi connectivity index (χ0n) is 11.1. The summed E-state index contributed by atoms with van der Waals surface area (Å²) in [5.74, 6) is -1.17. The molecule has 0 radical (unpaired) electrons. The van der Waals surface area contributed by atoms with E-state index in [2.05, 4.69) is 18.3 Å². The zero-order chi connectivity index (χ0) is 14.7.